The number of aromatic nitrogens is 1. The molecule has 134 valence electrons. The Kier molecular flexibility index (Phi) is 7.73. The van der Waals surface area contributed by atoms with Gasteiger partial charge in [0.1, 0.15) is 10.6 Å². The summed E-state index contributed by atoms with van der Waals surface area (Å²) in [5.41, 5.74) is 0.758. The molecule has 3 heterocycles. The van der Waals surface area contributed by atoms with Crippen LogP contribution in [-0.4, -0.2) is 29.5 Å². The lowest BCUT2D eigenvalue weighted by molar-refractivity contribution is 0.0929. The van der Waals surface area contributed by atoms with E-state index in [4.69, 9.17) is 4.42 Å². The molecule has 3 rings (SSSR count). The Bertz CT molecular complexity index is 687. The van der Waals surface area contributed by atoms with Crippen molar-refractivity contribution in [3.8, 4) is 10.8 Å². The summed E-state index contributed by atoms with van der Waals surface area (Å²) in [6.07, 6.45) is 1.94. The number of hydrogen-bond donors (Lipinski definition) is 2. The van der Waals surface area contributed by atoms with Crippen LogP contribution < -0.4 is 10.6 Å². The Morgan fingerprint density at radius 3 is 2.75 bits per heavy atom. The number of carbonyl (C=O) groups is 1. The molecule has 0 spiro atoms. The van der Waals surface area contributed by atoms with E-state index in [1.165, 1.54) is 11.3 Å². The summed E-state index contributed by atoms with van der Waals surface area (Å²) in [6.45, 7) is 6.87. The maximum atomic E-state index is 12.5. The zero-order valence-corrected chi connectivity index (χ0v) is 16.4. The van der Waals surface area contributed by atoms with Gasteiger partial charge in [0.05, 0.1) is 5.69 Å². The number of nitrogens with zero attached hydrogens (tertiary/aromatic N) is 1. The number of rotatable bonds is 3. The lowest BCUT2D eigenvalue weighted by Gasteiger charge is -2.28. The Balaban J connectivity index is 0.00000144. The number of nitrogens with one attached hydrogen (secondary N) is 2. The van der Waals surface area contributed by atoms with Crippen molar-refractivity contribution < 1.29 is 9.21 Å². The van der Waals surface area contributed by atoms with Crippen LogP contribution in [0, 0.1) is 13.8 Å². The first-order chi connectivity index (χ1) is 10.5. The van der Waals surface area contributed by atoms with Gasteiger partial charge in [0.15, 0.2) is 10.8 Å². The Morgan fingerprint density at radius 2 is 2.12 bits per heavy atom. The number of piperidine rings is 1. The summed E-state index contributed by atoms with van der Waals surface area (Å²) in [4.78, 5) is 17.6. The Morgan fingerprint density at radius 1 is 1.38 bits per heavy atom. The van der Waals surface area contributed by atoms with Gasteiger partial charge in [0.25, 0.3) is 5.91 Å². The quantitative estimate of drug-likeness (QED) is 0.835. The average Bonchev–Trinajstić information content (AvgIpc) is 3.05. The molecule has 2 aromatic rings. The normalized spacial score (nSPS) is 20.0. The molecule has 0 radical (unpaired) electrons. The summed E-state index contributed by atoms with van der Waals surface area (Å²) >= 11 is 1.39. The molecule has 1 saturated heterocycles. The monoisotopic (exact) mass is 391 g/mol. The van der Waals surface area contributed by atoms with E-state index in [0.29, 0.717) is 10.9 Å². The highest BCUT2D eigenvalue weighted by Gasteiger charge is 2.23. The van der Waals surface area contributed by atoms with Gasteiger partial charge >= 0.3 is 0 Å². The first-order valence-corrected chi connectivity index (χ1v) is 8.43. The lowest BCUT2D eigenvalue weighted by Crippen LogP contribution is -2.46. The van der Waals surface area contributed by atoms with E-state index in [1.54, 1.807) is 0 Å². The van der Waals surface area contributed by atoms with Crippen molar-refractivity contribution in [1.82, 2.24) is 15.6 Å². The molecule has 2 aromatic heterocycles. The van der Waals surface area contributed by atoms with Crippen molar-refractivity contribution in [3.05, 3.63) is 28.5 Å². The molecule has 1 fully saturated rings. The second kappa shape index (κ2) is 8.85. The van der Waals surface area contributed by atoms with Crippen LogP contribution in [0.1, 0.15) is 40.9 Å². The van der Waals surface area contributed by atoms with Gasteiger partial charge in [-0.05, 0) is 52.3 Å². The van der Waals surface area contributed by atoms with E-state index in [2.05, 4.69) is 22.5 Å². The summed E-state index contributed by atoms with van der Waals surface area (Å²) in [5, 5.41) is 7.29. The zero-order valence-electron chi connectivity index (χ0n) is 13.9. The van der Waals surface area contributed by atoms with E-state index >= 15 is 0 Å². The molecular weight excluding hydrogens is 369 g/mol. The number of carbonyl (C=O) groups excluding carboxylic acids is 1. The van der Waals surface area contributed by atoms with Crippen LogP contribution in [0.4, 0.5) is 0 Å². The number of hydrogen-bond acceptors (Lipinski definition) is 5. The fraction of sp³-hybridized carbons (Fsp3) is 0.500. The lowest BCUT2D eigenvalue weighted by atomic mass is 10.0. The van der Waals surface area contributed by atoms with E-state index in [1.807, 2.05) is 26.0 Å². The molecule has 8 heteroatoms. The third kappa shape index (κ3) is 4.72. The first-order valence-electron chi connectivity index (χ1n) is 7.61. The molecule has 1 amide bonds. The summed E-state index contributed by atoms with van der Waals surface area (Å²) in [7, 11) is 0. The van der Waals surface area contributed by atoms with Crippen LogP contribution in [-0.2, 0) is 0 Å². The highest BCUT2D eigenvalue weighted by Crippen LogP contribution is 2.29. The smallest absolute Gasteiger partial charge is 0.263 e. The SMILES string of the molecule is Cc1ccc(-c2nc(C)c(C(=O)NC3CCNC(C)C3)s2)o1.Cl.Cl. The maximum absolute atomic E-state index is 12.5. The number of aryl methyl sites for hydroxylation is 2. The zero-order chi connectivity index (χ0) is 15.7. The van der Waals surface area contributed by atoms with Gasteiger partial charge in [-0.1, -0.05) is 0 Å². The number of amides is 1. The Labute approximate surface area is 158 Å². The van der Waals surface area contributed by atoms with Crippen molar-refractivity contribution in [3.63, 3.8) is 0 Å². The molecule has 0 aliphatic carbocycles. The topological polar surface area (TPSA) is 67.2 Å². The fourth-order valence-corrected chi connectivity index (χ4v) is 3.71. The number of furan rings is 1. The van der Waals surface area contributed by atoms with Crippen LogP contribution in [0.5, 0.6) is 0 Å². The molecular formula is C16H23Cl2N3O2S. The third-order valence-corrected chi connectivity index (χ3v) is 5.08. The van der Waals surface area contributed by atoms with Crippen molar-refractivity contribution >= 4 is 42.1 Å². The second-order valence-corrected chi connectivity index (χ2v) is 6.89. The summed E-state index contributed by atoms with van der Waals surface area (Å²) in [6, 6.07) is 4.48. The van der Waals surface area contributed by atoms with Crippen LogP contribution in [0.15, 0.2) is 16.5 Å². The summed E-state index contributed by atoms with van der Waals surface area (Å²) < 4.78 is 5.59. The molecule has 2 atom stereocenters. The van der Waals surface area contributed by atoms with Gasteiger partial charge < -0.3 is 15.1 Å². The second-order valence-electron chi connectivity index (χ2n) is 5.89. The molecule has 24 heavy (non-hydrogen) atoms. The molecule has 5 nitrogen and oxygen atoms in total. The van der Waals surface area contributed by atoms with Gasteiger partial charge in [-0.15, -0.1) is 36.2 Å². The van der Waals surface area contributed by atoms with E-state index in [0.717, 1.165) is 41.6 Å². The molecule has 1 aliphatic rings. The van der Waals surface area contributed by atoms with E-state index < -0.39 is 0 Å². The van der Waals surface area contributed by atoms with Crippen LogP contribution in [0.2, 0.25) is 0 Å². The predicted molar refractivity (Wildman–Crippen MR) is 102 cm³/mol. The van der Waals surface area contributed by atoms with E-state index in [9.17, 15) is 4.79 Å². The van der Waals surface area contributed by atoms with Gasteiger partial charge in [0, 0.05) is 12.1 Å². The third-order valence-electron chi connectivity index (χ3n) is 3.91. The predicted octanol–water partition coefficient (Wildman–Crippen LogP) is 3.73. The highest BCUT2D eigenvalue weighted by atomic mass is 35.5. The number of halogens is 2. The van der Waals surface area contributed by atoms with Crippen molar-refractivity contribution in [2.45, 2.75) is 45.7 Å². The fourth-order valence-electron chi connectivity index (χ4n) is 2.78. The van der Waals surface area contributed by atoms with Gasteiger partial charge in [-0.3, -0.25) is 4.79 Å². The Hall–Kier alpha value is -1.08. The van der Waals surface area contributed by atoms with Crippen molar-refractivity contribution in [2.75, 3.05) is 6.54 Å². The van der Waals surface area contributed by atoms with Crippen LogP contribution >= 0.6 is 36.2 Å². The van der Waals surface area contributed by atoms with E-state index in [-0.39, 0.29) is 36.8 Å². The van der Waals surface area contributed by atoms with Gasteiger partial charge in [-0.25, -0.2) is 4.98 Å². The minimum absolute atomic E-state index is 0. The number of thiazole rings is 1. The summed E-state index contributed by atoms with van der Waals surface area (Å²) in [5.74, 6) is 1.54. The molecule has 1 aliphatic heterocycles. The molecule has 2 N–H and O–H groups in total. The molecule has 0 saturated carbocycles. The van der Waals surface area contributed by atoms with Crippen molar-refractivity contribution in [2.24, 2.45) is 0 Å². The standard InChI is InChI=1S/C16H21N3O2S.2ClH/c1-9-8-12(6-7-17-9)19-15(20)14-11(3)18-16(22-14)13-5-4-10(2)21-13;;/h4-5,9,12,17H,6-8H2,1-3H3,(H,19,20);2*1H. The first kappa shape index (κ1) is 21.0. The van der Waals surface area contributed by atoms with Crippen molar-refractivity contribution in [1.29, 1.82) is 0 Å². The highest BCUT2D eigenvalue weighted by molar-refractivity contribution is 7.17. The minimum Gasteiger partial charge on any atom is -0.459 e. The largest absolute Gasteiger partial charge is 0.459 e. The van der Waals surface area contributed by atoms with Gasteiger partial charge in [0.2, 0.25) is 0 Å². The minimum atomic E-state index is -0.0244. The average molecular weight is 392 g/mol. The van der Waals surface area contributed by atoms with Crippen LogP contribution in [0.3, 0.4) is 0 Å². The van der Waals surface area contributed by atoms with Gasteiger partial charge in [-0.2, -0.15) is 0 Å². The maximum Gasteiger partial charge on any atom is 0.263 e. The molecule has 0 bridgehead atoms. The van der Waals surface area contributed by atoms with Crippen LogP contribution in [0.25, 0.3) is 10.8 Å². The molecule has 0 aromatic carbocycles. The molecule has 2 unspecified atom stereocenters.